The Morgan fingerprint density at radius 3 is 2.58 bits per heavy atom. The molecule has 26 heavy (non-hydrogen) atoms. The van der Waals surface area contributed by atoms with E-state index in [2.05, 4.69) is 46.3 Å². The van der Waals surface area contributed by atoms with Crippen LogP contribution < -0.4 is 4.74 Å². The molecule has 0 N–H and O–H groups in total. The second-order valence-corrected chi connectivity index (χ2v) is 7.81. The first-order valence-electron chi connectivity index (χ1n) is 8.93. The van der Waals surface area contributed by atoms with Gasteiger partial charge >= 0.3 is 0 Å². The zero-order valence-electron chi connectivity index (χ0n) is 14.2. The lowest BCUT2D eigenvalue weighted by Gasteiger charge is -2.33. The molecule has 5 rings (SSSR count). The molecule has 0 spiro atoms. The molecule has 2 aliphatic rings. The minimum Gasteiger partial charge on any atom is -0.461 e. The van der Waals surface area contributed by atoms with Crippen LogP contribution in [-0.4, -0.2) is 5.78 Å². The van der Waals surface area contributed by atoms with E-state index in [0.29, 0.717) is 6.42 Å². The van der Waals surface area contributed by atoms with Gasteiger partial charge in [0.2, 0.25) is 0 Å². The maximum absolute atomic E-state index is 12.9. The SMILES string of the molecule is O=C1CCCC2=C1C(c1ccc(Br)cc1)c1c(ccc3ccccc13)O2. The fraction of sp³-hybridized carbons (Fsp3) is 0.174. The minimum absolute atomic E-state index is 0.0688. The number of rotatable bonds is 1. The lowest BCUT2D eigenvalue weighted by molar-refractivity contribution is -0.116. The van der Waals surface area contributed by atoms with Crippen molar-refractivity contribution in [2.75, 3.05) is 0 Å². The molecule has 3 aromatic carbocycles. The summed E-state index contributed by atoms with van der Waals surface area (Å²) in [6, 6.07) is 20.8. The number of carbonyl (C=O) groups is 1. The van der Waals surface area contributed by atoms with E-state index >= 15 is 0 Å². The average Bonchev–Trinajstić information content (AvgIpc) is 2.67. The first-order valence-corrected chi connectivity index (χ1v) is 9.73. The van der Waals surface area contributed by atoms with E-state index in [1.807, 2.05) is 30.3 Å². The number of Topliss-reactive ketones (excluding diaryl/α,β-unsaturated/α-hetero) is 1. The van der Waals surface area contributed by atoms with Crippen LogP contribution in [0.2, 0.25) is 0 Å². The van der Waals surface area contributed by atoms with Gasteiger partial charge in [0.15, 0.2) is 5.78 Å². The molecule has 3 heteroatoms. The smallest absolute Gasteiger partial charge is 0.163 e. The van der Waals surface area contributed by atoms with Crippen LogP contribution in [0.5, 0.6) is 5.75 Å². The molecule has 0 saturated heterocycles. The van der Waals surface area contributed by atoms with Crippen molar-refractivity contribution in [3.8, 4) is 5.75 Å². The van der Waals surface area contributed by atoms with Crippen LogP contribution in [0.15, 0.2) is 76.5 Å². The van der Waals surface area contributed by atoms with Gasteiger partial charge in [0.25, 0.3) is 0 Å². The second kappa shape index (κ2) is 6.10. The summed E-state index contributed by atoms with van der Waals surface area (Å²) < 4.78 is 7.28. The van der Waals surface area contributed by atoms with E-state index in [1.54, 1.807) is 0 Å². The van der Waals surface area contributed by atoms with E-state index in [4.69, 9.17) is 4.74 Å². The molecule has 0 saturated carbocycles. The summed E-state index contributed by atoms with van der Waals surface area (Å²) in [6.45, 7) is 0. The maximum Gasteiger partial charge on any atom is 0.163 e. The average molecular weight is 405 g/mol. The first kappa shape index (κ1) is 15.8. The number of halogens is 1. The second-order valence-electron chi connectivity index (χ2n) is 6.90. The zero-order valence-corrected chi connectivity index (χ0v) is 15.8. The third-order valence-corrected chi connectivity index (χ3v) is 5.88. The Morgan fingerprint density at radius 2 is 1.73 bits per heavy atom. The molecule has 0 radical (unpaired) electrons. The number of carbonyl (C=O) groups excluding carboxylic acids is 1. The van der Waals surface area contributed by atoms with Gasteiger partial charge in [-0.05, 0) is 41.0 Å². The van der Waals surface area contributed by atoms with E-state index in [9.17, 15) is 4.79 Å². The zero-order chi connectivity index (χ0) is 17.7. The van der Waals surface area contributed by atoms with Gasteiger partial charge in [-0.25, -0.2) is 0 Å². The molecule has 0 fully saturated rings. The van der Waals surface area contributed by atoms with Crippen LogP contribution >= 0.6 is 15.9 Å². The van der Waals surface area contributed by atoms with E-state index in [1.165, 1.54) is 5.39 Å². The maximum atomic E-state index is 12.9. The monoisotopic (exact) mass is 404 g/mol. The van der Waals surface area contributed by atoms with Crippen LogP contribution in [-0.2, 0) is 4.79 Å². The molecule has 1 unspecified atom stereocenters. The van der Waals surface area contributed by atoms with E-state index in [0.717, 1.165) is 50.9 Å². The van der Waals surface area contributed by atoms with Crippen LogP contribution in [0.1, 0.15) is 36.3 Å². The number of allylic oxidation sites excluding steroid dienone is 2. The van der Waals surface area contributed by atoms with Crippen LogP contribution in [0, 0.1) is 0 Å². The molecule has 1 aliphatic heterocycles. The van der Waals surface area contributed by atoms with Crippen molar-refractivity contribution < 1.29 is 9.53 Å². The predicted octanol–water partition coefficient (Wildman–Crippen LogP) is 6.13. The van der Waals surface area contributed by atoms with Gasteiger partial charge in [-0.3, -0.25) is 4.79 Å². The van der Waals surface area contributed by atoms with Crippen LogP contribution in [0.25, 0.3) is 10.8 Å². The fourth-order valence-corrected chi connectivity index (χ4v) is 4.45. The van der Waals surface area contributed by atoms with Gasteiger partial charge in [-0.1, -0.05) is 58.4 Å². The number of ketones is 1. The third kappa shape index (κ3) is 2.42. The Morgan fingerprint density at radius 1 is 0.923 bits per heavy atom. The van der Waals surface area contributed by atoms with Gasteiger partial charge < -0.3 is 4.74 Å². The molecule has 0 bridgehead atoms. The Balaban J connectivity index is 1.83. The largest absolute Gasteiger partial charge is 0.461 e. The molecule has 0 aromatic heterocycles. The van der Waals surface area contributed by atoms with Crippen molar-refractivity contribution in [3.63, 3.8) is 0 Å². The highest BCUT2D eigenvalue weighted by Gasteiger charge is 2.37. The molecule has 1 aliphatic carbocycles. The standard InChI is InChI=1S/C23H17BrO2/c24-16-11-8-15(9-12-16)21-22-17-5-2-1-4-14(17)10-13-20(22)26-19-7-3-6-18(25)23(19)21/h1-2,4-5,8-13,21H,3,6-7H2. The normalized spacial score (nSPS) is 19.1. The highest BCUT2D eigenvalue weighted by Crippen LogP contribution is 2.49. The number of hydrogen-bond acceptors (Lipinski definition) is 2. The molecular weight excluding hydrogens is 388 g/mol. The summed E-state index contributed by atoms with van der Waals surface area (Å²) in [5, 5.41) is 2.33. The molecule has 1 heterocycles. The molecule has 1 atom stereocenters. The first-order chi connectivity index (χ1) is 12.7. The van der Waals surface area contributed by atoms with Crippen LogP contribution in [0.4, 0.5) is 0 Å². The Hall–Kier alpha value is -2.39. The Bertz CT molecular complexity index is 1060. The van der Waals surface area contributed by atoms with Crippen molar-refractivity contribution in [1.29, 1.82) is 0 Å². The molecular formula is C23H17BrO2. The third-order valence-electron chi connectivity index (χ3n) is 5.35. The highest BCUT2D eigenvalue weighted by molar-refractivity contribution is 9.10. The fourth-order valence-electron chi connectivity index (χ4n) is 4.19. The van der Waals surface area contributed by atoms with Gasteiger partial charge in [0.05, 0.1) is 0 Å². The summed E-state index contributed by atoms with van der Waals surface area (Å²) >= 11 is 3.52. The minimum atomic E-state index is -0.0688. The van der Waals surface area contributed by atoms with Gasteiger partial charge in [0, 0.05) is 34.4 Å². The number of ether oxygens (including phenoxy) is 1. The Labute approximate surface area is 160 Å². The van der Waals surface area contributed by atoms with E-state index in [-0.39, 0.29) is 11.7 Å². The molecule has 3 aromatic rings. The summed E-state index contributed by atoms with van der Waals surface area (Å²) in [7, 11) is 0. The van der Waals surface area contributed by atoms with Crippen molar-refractivity contribution in [2.24, 2.45) is 0 Å². The lowest BCUT2D eigenvalue weighted by Crippen LogP contribution is -2.25. The number of benzene rings is 3. The number of hydrogen-bond donors (Lipinski definition) is 0. The van der Waals surface area contributed by atoms with E-state index < -0.39 is 0 Å². The lowest BCUT2D eigenvalue weighted by atomic mass is 9.75. The van der Waals surface area contributed by atoms with Crippen LogP contribution in [0.3, 0.4) is 0 Å². The van der Waals surface area contributed by atoms with Gasteiger partial charge in [0.1, 0.15) is 11.5 Å². The van der Waals surface area contributed by atoms with Crippen molar-refractivity contribution in [1.82, 2.24) is 0 Å². The number of fused-ring (bicyclic) bond motifs is 3. The summed E-state index contributed by atoms with van der Waals surface area (Å²) in [4.78, 5) is 12.9. The molecule has 0 amide bonds. The van der Waals surface area contributed by atoms with Gasteiger partial charge in [-0.15, -0.1) is 0 Å². The summed E-state index contributed by atoms with van der Waals surface area (Å²) in [5.41, 5.74) is 3.10. The summed E-state index contributed by atoms with van der Waals surface area (Å²) in [5.74, 6) is 1.89. The highest BCUT2D eigenvalue weighted by atomic mass is 79.9. The van der Waals surface area contributed by atoms with Gasteiger partial charge in [-0.2, -0.15) is 0 Å². The predicted molar refractivity (Wildman–Crippen MR) is 106 cm³/mol. The van der Waals surface area contributed by atoms with Crippen molar-refractivity contribution >= 4 is 32.5 Å². The molecule has 128 valence electrons. The van der Waals surface area contributed by atoms with Crippen molar-refractivity contribution in [2.45, 2.75) is 25.2 Å². The summed E-state index contributed by atoms with van der Waals surface area (Å²) in [6.07, 6.45) is 2.31. The topological polar surface area (TPSA) is 26.3 Å². The van der Waals surface area contributed by atoms with Crippen molar-refractivity contribution in [3.05, 3.63) is 87.6 Å². The quantitative estimate of drug-likeness (QED) is 0.487. The Kier molecular flexibility index (Phi) is 3.71. The molecule has 2 nitrogen and oxygen atoms in total.